The fourth-order valence-corrected chi connectivity index (χ4v) is 2.43. The standard InChI is InChI=1S/C15H22N2O2/c1-11(12-5-7-14(19-2)8-6-12)17-15(18)10-13-4-3-9-16-13/h5-8,11,13,16H,3-4,9-10H2,1-2H3,(H,17,18)/t11-,13?/m0/s1. The van der Waals surface area contributed by atoms with E-state index in [4.69, 9.17) is 4.74 Å². The number of carbonyl (C=O) groups excluding carboxylic acids is 1. The van der Waals surface area contributed by atoms with Crippen LogP contribution in [0.4, 0.5) is 0 Å². The van der Waals surface area contributed by atoms with Crippen molar-refractivity contribution in [3.63, 3.8) is 0 Å². The van der Waals surface area contributed by atoms with Gasteiger partial charge >= 0.3 is 0 Å². The van der Waals surface area contributed by atoms with E-state index in [2.05, 4.69) is 10.6 Å². The van der Waals surface area contributed by atoms with Crippen molar-refractivity contribution in [1.82, 2.24) is 10.6 Å². The molecule has 0 aliphatic carbocycles. The summed E-state index contributed by atoms with van der Waals surface area (Å²) in [5, 5.41) is 6.38. The maximum absolute atomic E-state index is 11.9. The van der Waals surface area contributed by atoms with Crippen LogP contribution >= 0.6 is 0 Å². The number of ether oxygens (including phenoxy) is 1. The summed E-state index contributed by atoms with van der Waals surface area (Å²) in [6.07, 6.45) is 2.84. The van der Waals surface area contributed by atoms with E-state index < -0.39 is 0 Å². The Morgan fingerprint density at radius 1 is 1.47 bits per heavy atom. The quantitative estimate of drug-likeness (QED) is 0.853. The molecule has 1 unspecified atom stereocenters. The van der Waals surface area contributed by atoms with Crippen LogP contribution in [0.5, 0.6) is 5.75 Å². The second-order valence-electron chi connectivity index (χ2n) is 5.06. The van der Waals surface area contributed by atoms with Gasteiger partial charge in [0, 0.05) is 12.5 Å². The molecule has 1 fully saturated rings. The topological polar surface area (TPSA) is 50.4 Å². The molecular formula is C15H22N2O2. The second-order valence-corrected chi connectivity index (χ2v) is 5.06. The molecule has 1 aromatic rings. The van der Waals surface area contributed by atoms with Crippen molar-refractivity contribution in [2.24, 2.45) is 0 Å². The summed E-state index contributed by atoms with van der Waals surface area (Å²) in [7, 11) is 1.65. The van der Waals surface area contributed by atoms with E-state index in [-0.39, 0.29) is 11.9 Å². The summed E-state index contributed by atoms with van der Waals surface area (Å²) in [6, 6.07) is 8.17. The number of hydrogen-bond acceptors (Lipinski definition) is 3. The highest BCUT2D eigenvalue weighted by Crippen LogP contribution is 2.17. The SMILES string of the molecule is COc1ccc([C@H](C)NC(=O)CC2CCCN2)cc1. The van der Waals surface area contributed by atoms with Gasteiger partial charge in [0.2, 0.25) is 5.91 Å². The summed E-state index contributed by atoms with van der Waals surface area (Å²) in [4.78, 5) is 11.9. The molecule has 19 heavy (non-hydrogen) atoms. The van der Waals surface area contributed by atoms with Crippen LogP contribution in [0, 0.1) is 0 Å². The number of carbonyl (C=O) groups is 1. The molecule has 2 rings (SSSR count). The largest absolute Gasteiger partial charge is 0.497 e. The molecule has 1 heterocycles. The minimum absolute atomic E-state index is 0.0276. The molecule has 2 atom stereocenters. The lowest BCUT2D eigenvalue weighted by atomic mass is 10.1. The Bertz CT molecular complexity index is 411. The van der Waals surface area contributed by atoms with Crippen molar-refractivity contribution in [3.05, 3.63) is 29.8 Å². The summed E-state index contributed by atoms with van der Waals surface area (Å²) < 4.78 is 5.12. The molecule has 4 heteroatoms. The van der Waals surface area contributed by atoms with Crippen molar-refractivity contribution < 1.29 is 9.53 Å². The number of benzene rings is 1. The molecule has 0 spiro atoms. The molecule has 2 N–H and O–H groups in total. The second kappa shape index (κ2) is 6.57. The Kier molecular flexibility index (Phi) is 4.80. The monoisotopic (exact) mass is 262 g/mol. The summed E-state index contributed by atoms with van der Waals surface area (Å²) >= 11 is 0. The van der Waals surface area contributed by atoms with Crippen molar-refractivity contribution in [2.45, 2.75) is 38.3 Å². The Morgan fingerprint density at radius 3 is 2.79 bits per heavy atom. The molecule has 0 bridgehead atoms. The van der Waals surface area contributed by atoms with Crippen LogP contribution in [0.15, 0.2) is 24.3 Å². The van der Waals surface area contributed by atoms with Crippen molar-refractivity contribution in [2.75, 3.05) is 13.7 Å². The Labute approximate surface area is 114 Å². The van der Waals surface area contributed by atoms with Crippen LogP contribution in [0.1, 0.15) is 37.8 Å². The maximum atomic E-state index is 11.9. The van der Waals surface area contributed by atoms with E-state index in [0.717, 1.165) is 24.3 Å². The normalized spacial score (nSPS) is 20.0. The van der Waals surface area contributed by atoms with E-state index in [1.165, 1.54) is 6.42 Å². The molecule has 0 radical (unpaired) electrons. The molecule has 1 aromatic carbocycles. The van der Waals surface area contributed by atoms with Crippen LogP contribution in [-0.4, -0.2) is 25.6 Å². The average molecular weight is 262 g/mol. The van der Waals surface area contributed by atoms with Gasteiger partial charge in [-0.1, -0.05) is 12.1 Å². The molecule has 0 saturated carbocycles. The minimum Gasteiger partial charge on any atom is -0.497 e. The summed E-state index contributed by atoms with van der Waals surface area (Å²) in [5.74, 6) is 0.945. The third kappa shape index (κ3) is 3.96. The highest BCUT2D eigenvalue weighted by atomic mass is 16.5. The predicted octanol–water partition coefficient (Wildman–Crippen LogP) is 2.01. The number of rotatable bonds is 5. The predicted molar refractivity (Wildman–Crippen MR) is 75.2 cm³/mol. The molecule has 104 valence electrons. The van der Waals surface area contributed by atoms with Gasteiger partial charge in [0.25, 0.3) is 0 Å². The third-order valence-corrected chi connectivity index (χ3v) is 3.59. The van der Waals surface area contributed by atoms with Gasteiger partial charge in [0.15, 0.2) is 0 Å². The molecule has 1 amide bonds. The van der Waals surface area contributed by atoms with Gasteiger partial charge in [-0.25, -0.2) is 0 Å². The lowest BCUT2D eigenvalue weighted by molar-refractivity contribution is -0.122. The van der Waals surface area contributed by atoms with E-state index in [9.17, 15) is 4.79 Å². The lowest BCUT2D eigenvalue weighted by Crippen LogP contribution is -2.33. The smallest absolute Gasteiger partial charge is 0.222 e. The summed E-state index contributed by atoms with van der Waals surface area (Å²) in [5.41, 5.74) is 1.09. The number of methoxy groups -OCH3 is 1. The van der Waals surface area contributed by atoms with Gasteiger partial charge in [0.05, 0.1) is 13.2 Å². The van der Waals surface area contributed by atoms with E-state index in [0.29, 0.717) is 12.5 Å². The van der Waals surface area contributed by atoms with E-state index in [1.807, 2.05) is 31.2 Å². The number of hydrogen-bond donors (Lipinski definition) is 2. The van der Waals surface area contributed by atoms with Crippen LogP contribution in [-0.2, 0) is 4.79 Å². The van der Waals surface area contributed by atoms with Crippen LogP contribution in [0.2, 0.25) is 0 Å². The zero-order chi connectivity index (χ0) is 13.7. The molecule has 0 aromatic heterocycles. The van der Waals surface area contributed by atoms with E-state index >= 15 is 0 Å². The van der Waals surface area contributed by atoms with Crippen LogP contribution in [0.25, 0.3) is 0 Å². The first kappa shape index (κ1) is 13.9. The van der Waals surface area contributed by atoms with Crippen LogP contribution < -0.4 is 15.4 Å². The van der Waals surface area contributed by atoms with E-state index in [1.54, 1.807) is 7.11 Å². The lowest BCUT2D eigenvalue weighted by Gasteiger charge is -2.16. The fraction of sp³-hybridized carbons (Fsp3) is 0.533. The Morgan fingerprint density at radius 2 is 2.21 bits per heavy atom. The van der Waals surface area contributed by atoms with Gasteiger partial charge in [-0.05, 0) is 44.0 Å². The van der Waals surface area contributed by atoms with Crippen molar-refractivity contribution in [1.29, 1.82) is 0 Å². The zero-order valence-corrected chi connectivity index (χ0v) is 11.6. The zero-order valence-electron chi connectivity index (χ0n) is 11.6. The maximum Gasteiger partial charge on any atom is 0.222 e. The van der Waals surface area contributed by atoms with Gasteiger partial charge in [0.1, 0.15) is 5.75 Å². The highest BCUT2D eigenvalue weighted by molar-refractivity contribution is 5.77. The van der Waals surface area contributed by atoms with Gasteiger partial charge < -0.3 is 15.4 Å². The molecular weight excluding hydrogens is 240 g/mol. The van der Waals surface area contributed by atoms with Crippen LogP contribution in [0.3, 0.4) is 0 Å². The number of amides is 1. The first-order chi connectivity index (χ1) is 9.19. The minimum atomic E-state index is 0.0276. The molecule has 1 aliphatic heterocycles. The first-order valence-corrected chi connectivity index (χ1v) is 6.85. The van der Waals surface area contributed by atoms with Crippen molar-refractivity contribution in [3.8, 4) is 5.75 Å². The third-order valence-electron chi connectivity index (χ3n) is 3.59. The Balaban J connectivity index is 1.84. The Hall–Kier alpha value is -1.55. The van der Waals surface area contributed by atoms with Gasteiger partial charge in [-0.3, -0.25) is 4.79 Å². The molecule has 4 nitrogen and oxygen atoms in total. The average Bonchev–Trinajstić information content (AvgIpc) is 2.91. The highest BCUT2D eigenvalue weighted by Gasteiger charge is 2.18. The fourth-order valence-electron chi connectivity index (χ4n) is 2.43. The summed E-state index contributed by atoms with van der Waals surface area (Å²) in [6.45, 7) is 3.04. The van der Waals surface area contributed by atoms with Crippen molar-refractivity contribution >= 4 is 5.91 Å². The van der Waals surface area contributed by atoms with Gasteiger partial charge in [-0.2, -0.15) is 0 Å². The number of nitrogens with one attached hydrogen (secondary N) is 2. The molecule has 1 aliphatic rings. The first-order valence-electron chi connectivity index (χ1n) is 6.85. The molecule has 1 saturated heterocycles. The van der Waals surface area contributed by atoms with Gasteiger partial charge in [-0.15, -0.1) is 0 Å².